The molecule has 1 aromatic rings. The molecule has 2 bridgehead atoms. The van der Waals surface area contributed by atoms with E-state index in [1.54, 1.807) is 6.20 Å². The Balaban J connectivity index is 1.81. The van der Waals surface area contributed by atoms with Crippen molar-refractivity contribution in [2.45, 2.75) is 32.1 Å². The SMILES string of the molecule is CC(C)Oc1cncc(N2CC3CNCC2CO3)c1. The lowest BCUT2D eigenvalue weighted by Crippen LogP contribution is -2.49. The van der Waals surface area contributed by atoms with Crippen LogP contribution >= 0.6 is 0 Å². The van der Waals surface area contributed by atoms with Crippen LogP contribution in [0.1, 0.15) is 13.8 Å². The summed E-state index contributed by atoms with van der Waals surface area (Å²) in [6.45, 7) is 7.66. The molecule has 1 aromatic heterocycles. The number of pyridine rings is 1. The second-order valence-electron chi connectivity index (χ2n) is 5.47. The van der Waals surface area contributed by atoms with E-state index in [2.05, 4.69) is 21.3 Å². The average molecular weight is 263 g/mol. The largest absolute Gasteiger partial charge is 0.489 e. The normalized spacial score (nSPS) is 26.6. The van der Waals surface area contributed by atoms with Crippen LogP contribution in [0.15, 0.2) is 18.5 Å². The van der Waals surface area contributed by atoms with E-state index in [4.69, 9.17) is 9.47 Å². The van der Waals surface area contributed by atoms with Gasteiger partial charge in [-0.3, -0.25) is 4.98 Å². The van der Waals surface area contributed by atoms with E-state index in [1.165, 1.54) is 0 Å². The van der Waals surface area contributed by atoms with Gasteiger partial charge in [0.1, 0.15) is 5.75 Å². The molecule has 0 saturated carbocycles. The van der Waals surface area contributed by atoms with Crippen molar-refractivity contribution < 1.29 is 9.47 Å². The van der Waals surface area contributed by atoms with Crippen molar-refractivity contribution in [3.63, 3.8) is 0 Å². The molecule has 3 aliphatic heterocycles. The van der Waals surface area contributed by atoms with Crippen LogP contribution in [0, 0.1) is 0 Å². The van der Waals surface area contributed by atoms with Crippen LogP contribution < -0.4 is 15.0 Å². The highest BCUT2D eigenvalue weighted by atomic mass is 16.5. The van der Waals surface area contributed by atoms with Gasteiger partial charge in [0.2, 0.25) is 0 Å². The van der Waals surface area contributed by atoms with Gasteiger partial charge in [0.15, 0.2) is 0 Å². The average Bonchev–Trinajstić information content (AvgIpc) is 2.73. The summed E-state index contributed by atoms with van der Waals surface area (Å²) in [6.07, 6.45) is 4.12. The third-order valence-electron chi connectivity index (χ3n) is 3.52. The highest BCUT2D eigenvalue weighted by Crippen LogP contribution is 2.26. The topological polar surface area (TPSA) is 46.6 Å². The van der Waals surface area contributed by atoms with Crippen molar-refractivity contribution in [2.75, 3.05) is 31.1 Å². The Bertz CT molecular complexity index is 434. The molecule has 5 nitrogen and oxygen atoms in total. The van der Waals surface area contributed by atoms with Gasteiger partial charge in [-0.2, -0.15) is 0 Å². The van der Waals surface area contributed by atoms with E-state index in [-0.39, 0.29) is 12.2 Å². The molecule has 4 rings (SSSR count). The molecule has 2 atom stereocenters. The summed E-state index contributed by atoms with van der Waals surface area (Å²) in [6, 6.07) is 2.46. The molecular weight excluding hydrogens is 242 g/mol. The van der Waals surface area contributed by atoms with Gasteiger partial charge in [0, 0.05) is 25.7 Å². The van der Waals surface area contributed by atoms with Crippen LogP contribution in [0.2, 0.25) is 0 Å². The summed E-state index contributed by atoms with van der Waals surface area (Å²) in [5.41, 5.74) is 1.13. The first kappa shape index (κ1) is 12.7. The Labute approximate surface area is 113 Å². The molecule has 0 spiro atoms. The smallest absolute Gasteiger partial charge is 0.140 e. The van der Waals surface area contributed by atoms with Gasteiger partial charge in [-0.25, -0.2) is 0 Å². The van der Waals surface area contributed by atoms with Crippen molar-refractivity contribution in [3.05, 3.63) is 18.5 Å². The van der Waals surface area contributed by atoms with Crippen LogP contribution in [0.3, 0.4) is 0 Å². The number of hydrogen-bond donors (Lipinski definition) is 1. The fraction of sp³-hybridized carbons (Fsp3) is 0.643. The Morgan fingerprint density at radius 2 is 2.32 bits per heavy atom. The fourth-order valence-electron chi connectivity index (χ4n) is 2.68. The molecule has 4 heterocycles. The molecule has 0 amide bonds. The van der Waals surface area contributed by atoms with Gasteiger partial charge in [0.05, 0.1) is 42.9 Å². The van der Waals surface area contributed by atoms with Crippen molar-refractivity contribution in [1.82, 2.24) is 10.3 Å². The molecule has 104 valence electrons. The third-order valence-corrected chi connectivity index (χ3v) is 3.52. The quantitative estimate of drug-likeness (QED) is 0.883. The molecule has 2 unspecified atom stereocenters. The lowest BCUT2D eigenvalue weighted by Gasteiger charge is -2.37. The summed E-state index contributed by atoms with van der Waals surface area (Å²) in [5, 5.41) is 3.44. The van der Waals surface area contributed by atoms with Gasteiger partial charge < -0.3 is 19.7 Å². The molecule has 3 saturated heterocycles. The summed E-state index contributed by atoms with van der Waals surface area (Å²) in [5.74, 6) is 0.835. The number of hydrogen-bond acceptors (Lipinski definition) is 5. The van der Waals surface area contributed by atoms with Crippen LogP contribution in [-0.2, 0) is 4.74 Å². The number of ether oxygens (including phenoxy) is 2. The summed E-state index contributed by atoms with van der Waals surface area (Å²) in [4.78, 5) is 6.68. The number of anilines is 1. The highest BCUT2D eigenvalue weighted by molar-refractivity contribution is 5.50. The Kier molecular flexibility index (Phi) is 3.57. The molecule has 19 heavy (non-hydrogen) atoms. The van der Waals surface area contributed by atoms with Gasteiger partial charge >= 0.3 is 0 Å². The maximum absolute atomic E-state index is 5.79. The monoisotopic (exact) mass is 263 g/mol. The van der Waals surface area contributed by atoms with Gasteiger partial charge in [-0.05, 0) is 13.8 Å². The number of nitrogens with zero attached hydrogens (tertiary/aromatic N) is 2. The zero-order valence-electron chi connectivity index (χ0n) is 11.5. The molecule has 0 radical (unpaired) electrons. The Morgan fingerprint density at radius 3 is 3.16 bits per heavy atom. The molecule has 0 aliphatic carbocycles. The second kappa shape index (κ2) is 5.35. The molecule has 3 aliphatic rings. The summed E-state index contributed by atoms with van der Waals surface area (Å²) < 4.78 is 11.5. The number of aromatic nitrogens is 1. The Hall–Kier alpha value is -1.33. The van der Waals surface area contributed by atoms with E-state index < -0.39 is 0 Å². The van der Waals surface area contributed by atoms with Crippen molar-refractivity contribution >= 4 is 5.69 Å². The van der Waals surface area contributed by atoms with Gasteiger partial charge in [-0.15, -0.1) is 0 Å². The molecule has 0 aromatic carbocycles. The first-order valence-corrected chi connectivity index (χ1v) is 6.93. The lowest BCUT2D eigenvalue weighted by atomic mass is 10.2. The predicted molar refractivity (Wildman–Crippen MR) is 73.7 cm³/mol. The van der Waals surface area contributed by atoms with Gasteiger partial charge in [0.25, 0.3) is 0 Å². The van der Waals surface area contributed by atoms with E-state index in [0.717, 1.165) is 37.7 Å². The minimum Gasteiger partial charge on any atom is -0.489 e. The second-order valence-corrected chi connectivity index (χ2v) is 5.47. The van der Waals surface area contributed by atoms with Crippen LogP contribution in [0.25, 0.3) is 0 Å². The van der Waals surface area contributed by atoms with Crippen molar-refractivity contribution in [3.8, 4) is 5.75 Å². The molecule has 5 heteroatoms. The number of morpholine rings is 1. The van der Waals surface area contributed by atoms with E-state index >= 15 is 0 Å². The maximum atomic E-state index is 5.79. The van der Waals surface area contributed by atoms with Crippen LogP contribution in [0.5, 0.6) is 5.75 Å². The van der Waals surface area contributed by atoms with Crippen molar-refractivity contribution in [1.29, 1.82) is 0 Å². The number of rotatable bonds is 3. The molecular formula is C14H21N3O2. The predicted octanol–water partition coefficient (Wildman–Crippen LogP) is 1.05. The maximum Gasteiger partial charge on any atom is 0.140 e. The van der Waals surface area contributed by atoms with Crippen LogP contribution in [-0.4, -0.2) is 49.5 Å². The van der Waals surface area contributed by atoms with Crippen LogP contribution in [0.4, 0.5) is 5.69 Å². The number of fused-ring (bicyclic) bond motifs is 4. The minimum atomic E-state index is 0.169. The Morgan fingerprint density at radius 1 is 1.42 bits per heavy atom. The fourth-order valence-corrected chi connectivity index (χ4v) is 2.68. The third kappa shape index (κ3) is 2.82. The van der Waals surface area contributed by atoms with Gasteiger partial charge in [-0.1, -0.05) is 0 Å². The zero-order valence-corrected chi connectivity index (χ0v) is 11.5. The highest BCUT2D eigenvalue weighted by Gasteiger charge is 2.32. The first-order valence-electron chi connectivity index (χ1n) is 6.93. The summed E-state index contributed by atoms with van der Waals surface area (Å²) in [7, 11) is 0. The molecule has 1 N–H and O–H groups in total. The minimum absolute atomic E-state index is 0.169. The number of nitrogens with one attached hydrogen (secondary N) is 1. The van der Waals surface area contributed by atoms with E-state index in [1.807, 2.05) is 20.0 Å². The zero-order chi connectivity index (χ0) is 13.2. The van der Waals surface area contributed by atoms with Crippen molar-refractivity contribution in [2.24, 2.45) is 0 Å². The van der Waals surface area contributed by atoms with E-state index in [9.17, 15) is 0 Å². The summed E-state index contributed by atoms with van der Waals surface area (Å²) >= 11 is 0. The molecule has 3 fully saturated rings. The van der Waals surface area contributed by atoms with E-state index in [0.29, 0.717) is 6.04 Å². The first-order chi connectivity index (χ1) is 9.22. The standard InChI is InChI=1S/C14H21N3O2/c1-10(2)19-13-3-11(4-15-6-13)17-8-14-7-16-5-12(17)9-18-14/h3-4,6,10,12,14,16H,5,7-9H2,1-2H3. The lowest BCUT2D eigenvalue weighted by molar-refractivity contribution is 0.0391.